The smallest absolute Gasteiger partial charge is 0.170 e. The third kappa shape index (κ3) is 3.13. The lowest BCUT2D eigenvalue weighted by Gasteiger charge is -2.07. The molecular formula is C10H13FN2OS. The number of oxime groups is 1. The molecule has 0 bridgehead atoms. The minimum atomic E-state index is -0.387. The van der Waals surface area contributed by atoms with Gasteiger partial charge < -0.3 is 10.9 Å². The Hall–Kier alpha value is -1.23. The van der Waals surface area contributed by atoms with Crippen molar-refractivity contribution in [2.24, 2.45) is 10.9 Å². The van der Waals surface area contributed by atoms with Gasteiger partial charge in [-0.15, -0.1) is 0 Å². The molecule has 0 aliphatic rings. The SMILES string of the molecule is CCSCc1ccc(F)cc1C(N)=NO. The summed E-state index contributed by atoms with van der Waals surface area (Å²) in [6.45, 7) is 2.04. The Morgan fingerprint density at radius 1 is 1.60 bits per heavy atom. The van der Waals surface area contributed by atoms with E-state index in [2.05, 4.69) is 5.16 Å². The zero-order valence-corrected chi connectivity index (χ0v) is 9.22. The summed E-state index contributed by atoms with van der Waals surface area (Å²) in [6, 6.07) is 4.31. The Morgan fingerprint density at radius 2 is 2.33 bits per heavy atom. The molecule has 0 saturated carbocycles. The summed E-state index contributed by atoms with van der Waals surface area (Å²) < 4.78 is 13.0. The van der Waals surface area contributed by atoms with Crippen LogP contribution in [0, 0.1) is 5.82 Å². The molecule has 82 valence electrons. The Bertz CT molecular complexity index is 368. The van der Waals surface area contributed by atoms with E-state index in [0.29, 0.717) is 5.56 Å². The van der Waals surface area contributed by atoms with Crippen LogP contribution in [-0.2, 0) is 5.75 Å². The first-order valence-electron chi connectivity index (χ1n) is 4.53. The fourth-order valence-corrected chi connectivity index (χ4v) is 1.85. The maximum Gasteiger partial charge on any atom is 0.170 e. The molecule has 3 nitrogen and oxygen atoms in total. The minimum Gasteiger partial charge on any atom is -0.409 e. The van der Waals surface area contributed by atoms with E-state index < -0.39 is 0 Å². The van der Waals surface area contributed by atoms with Crippen LogP contribution in [0.2, 0.25) is 0 Å². The summed E-state index contributed by atoms with van der Waals surface area (Å²) in [7, 11) is 0. The Labute approximate surface area is 92.2 Å². The molecule has 0 heterocycles. The van der Waals surface area contributed by atoms with Gasteiger partial charge in [-0.2, -0.15) is 11.8 Å². The summed E-state index contributed by atoms with van der Waals surface area (Å²) in [6.07, 6.45) is 0. The lowest BCUT2D eigenvalue weighted by molar-refractivity contribution is 0.318. The van der Waals surface area contributed by atoms with Crippen LogP contribution in [-0.4, -0.2) is 16.8 Å². The van der Waals surface area contributed by atoms with Gasteiger partial charge in [0, 0.05) is 11.3 Å². The van der Waals surface area contributed by atoms with E-state index in [-0.39, 0.29) is 11.7 Å². The number of hydrogen-bond donors (Lipinski definition) is 2. The highest BCUT2D eigenvalue weighted by Gasteiger charge is 2.08. The Kier molecular flexibility index (Phi) is 4.42. The predicted molar refractivity (Wildman–Crippen MR) is 60.7 cm³/mol. The first kappa shape index (κ1) is 11.8. The molecule has 0 aliphatic carbocycles. The molecule has 0 amide bonds. The summed E-state index contributed by atoms with van der Waals surface area (Å²) in [5.41, 5.74) is 6.79. The molecule has 15 heavy (non-hydrogen) atoms. The Morgan fingerprint density at radius 3 is 2.93 bits per heavy atom. The second-order valence-corrected chi connectivity index (χ2v) is 4.20. The quantitative estimate of drug-likeness (QED) is 0.359. The molecule has 0 spiro atoms. The van der Waals surface area contributed by atoms with Crippen LogP contribution in [0.15, 0.2) is 23.4 Å². The van der Waals surface area contributed by atoms with Crippen LogP contribution >= 0.6 is 11.8 Å². The average Bonchev–Trinajstić information content (AvgIpc) is 2.26. The van der Waals surface area contributed by atoms with E-state index in [0.717, 1.165) is 17.1 Å². The van der Waals surface area contributed by atoms with Crippen LogP contribution in [0.1, 0.15) is 18.1 Å². The first-order chi connectivity index (χ1) is 7.19. The van der Waals surface area contributed by atoms with Gasteiger partial charge in [0.1, 0.15) is 5.82 Å². The Balaban J connectivity index is 3.03. The number of benzene rings is 1. The maximum atomic E-state index is 13.0. The summed E-state index contributed by atoms with van der Waals surface area (Å²) in [5, 5.41) is 11.4. The molecule has 3 N–H and O–H groups in total. The third-order valence-electron chi connectivity index (χ3n) is 1.92. The molecule has 0 fully saturated rings. The number of thioether (sulfide) groups is 1. The van der Waals surface area contributed by atoms with Gasteiger partial charge in [0.2, 0.25) is 0 Å². The lowest BCUT2D eigenvalue weighted by Crippen LogP contribution is -2.15. The largest absolute Gasteiger partial charge is 0.409 e. The van der Waals surface area contributed by atoms with E-state index in [1.165, 1.54) is 12.1 Å². The van der Waals surface area contributed by atoms with Gasteiger partial charge in [0.25, 0.3) is 0 Å². The fourth-order valence-electron chi connectivity index (χ4n) is 1.18. The van der Waals surface area contributed by atoms with Gasteiger partial charge in [-0.05, 0) is 23.4 Å². The van der Waals surface area contributed by atoms with Crippen molar-refractivity contribution in [3.05, 3.63) is 35.1 Å². The van der Waals surface area contributed by atoms with Crippen molar-refractivity contribution in [3.63, 3.8) is 0 Å². The molecule has 0 saturated heterocycles. The monoisotopic (exact) mass is 228 g/mol. The molecule has 5 heteroatoms. The van der Waals surface area contributed by atoms with Gasteiger partial charge >= 0.3 is 0 Å². The van der Waals surface area contributed by atoms with Crippen LogP contribution < -0.4 is 5.73 Å². The van der Waals surface area contributed by atoms with Gasteiger partial charge in [-0.25, -0.2) is 4.39 Å². The van der Waals surface area contributed by atoms with Crippen LogP contribution in [0.25, 0.3) is 0 Å². The molecule has 0 atom stereocenters. The number of nitrogens with two attached hydrogens (primary N) is 1. The highest BCUT2D eigenvalue weighted by molar-refractivity contribution is 7.98. The second kappa shape index (κ2) is 5.60. The minimum absolute atomic E-state index is 0.0544. The molecule has 0 aliphatic heterocycles. The van der Waals surface area contributed by atoms with Crippen molar-refractivity contribution < 1.29 is 9.60 Å². The standard InChI is InChI=1S/C10H13FN2OS/c1-2-15-6-7-3-4-8(11)5-9(7)10(12)13-14/h3-5,14H,2,6H2,1H3,(H2,12,13). The van der Waals surface area contributed by atoms with Crippen molar-refractivity contribution in [2.75, 3.05) is 5.75 Å². The second-order valence-electron chi connectivity index (χ2n) is 2.92. The molecule has 0 unspecified atom stereocenters. The molecule has 0 aromatic heterocycles. The highest BCUT2D eigenvalue weighted by Crippen LogP contribution is 2.17. The van der Waals surface area contributed by atoms with Crippen molar-refractivity contribution in [2.45, 2.75) is 12.7 Å². The van der Waals surface area contributed by atoms with Crippen molar-refractivity contribution in [3.8, 4) is 0 Å². The molecule has 1 rings (SSSR count). The summed E-state index contributed by atoms with van der Waals surface area (Å²) in [5.74, 6) is 1.25. The van der Waals surface area contributed by atoms with E-state index in [9.17, 15) is 4.39 Å². The lowest BCUT2D eigenvalue weighted by atomic mass is 10.1. The van der Waals surface area contributed by atoms with Crippen molar-refractivity contribution in [1.29, 1.82) is 0 Å². The van der Waals surface area contributed by atoms with Crippen molar-refractivity contribution in [1.82, 2.24) is 0 Å². The van der Waals surface area contributed by atoms with E-state index in [4.69, 9.17) is 10.9 Å². The summed E-state index contributed by atoms with van der Waals surface area (Å²) in [4.78, 5) is 0. The fraction of sp³-hybridized carbons (Fsp3) is 0.300. The number of hydrogen-bond acceptors (Lipinski definition) is 3. The van der Waals surface area contributed by atoms with Gasteiger partial charge in [0.05, 0.1) is 0 Å². The van der Waals surface area contributed by atoms with Crippen molar-refractivity contribution >= 4 is 17.6 Å². The van der Waals surface area contributed by atoms with E-state index in [1.807, 2.05) is 6.92 Å². The molecular weight excluding hydrogens is 215 g/mol. The molecule has 1 aromatic carbocycles. The van der Waals surface area contributed by atoms with E-state index in [1.54, 1.807) is 17.8 Å². The van der Waals surface area contributed by atoms with Crippen LogP contribution in [0.3, 0.4) is 0 Å². The number of nitrogens with zero attached hydrogens (tertiary/aromatic N) is 1. The summed E-state index contributed by atoms with van der Waals surface area (Å²) >= 11 is 1.69. The van der Waals surface area contributed by atoms with Crippen LogP contribution in [0.4, 0.5) is 4.39 Å². The number of amidine groups is 1. The number of halogens is 1. The maximum absolute atomic E-state index is 13.0. The molecule has 1 aromatic rings. The van der Waals surface area contributed by atoms with Gasteiger partial charge in [-0.1, -0.05) is 18.1 Å². The van der Waals surface area contributed by atoms with Crippen LogP contribution in [0.5, 0.6) is 0 Å². The van der Waals surface area contributed by atoms with E-state index >= 15 is 0 Å². The zero-order chi connectivity index (χ0) is 11.3. The topological polar surface area (TPSA) is 58.6 Å². The van der Waals surface area contributed by atoms with Gasteiger partial charge in [-0.3, -0.25) is 0 Å². The number of rotatable bonds is 4. The first-order valence-corrected chi connectivity index (χ1v) is 5.68. The predicted octanol–water partition coefficient (Wildman–Crippen LogP) is 2.17. The normalized spacial score (nSPS) is 11.7. The zero-order valence-electron chi connectivity index (χ0n) is 8.40. The molecule has 0 radical (unpaired) electrons. The van der Waals surface area contributed by atoms with Gasteiger partial charge in [0.15, 0.2) is 5.84 Å². The average molecular weight is 228 g/mol. The third-order valence-corrected chi connectivity index (χ3v) is 2.84. The highest BCUT2D eigenvalue weighted by atomic mass is 32.2.